The van der Waals surface area contributed by atoms with Gasteiger partial charge in [-0.05, 0) is 24.3 Å². The van der Waals surface area contributed by atoms with Gasteiger partial charge >= 0.3 is 0 Å². The van der Waals surface area contributed by atoms with Gasteiger partial charge in [-0.25, -0.2) is 18.4 Å². The molecule has 0 spiro atoms. The highest BCUT2D eigenvalue weighted by atomic mass is 32.2. The Balaban J connectivity index is 1.79. The predicted molar refractivity (Wildman–Crippen MR) is 86.6 cm³/mol. The molecule has 0 saturated heterocycles. The Morgan fingerprint density at radius 1 is 1.13 bits per heavy atom. The molecular weight excluding hydrogens is 314 g/mol. The third-order valence-electron chi connectivity index (χ3n) is 3.26. The van der Waals surface area contributed by atoms with Crippen molar-refractivity contribution in [2.75, 3.05) is 11.6 Å². The number of hydrogen-bond acceptors (Lipinski definition) is 6. The normalized spacial score (nSPS) is 11.3. The molecule has 0 aliphatic heterocycles. The van der Waals surface area contributed by atoms with Crippen LogP contribution in [0, 0.1) is 0 Å². The zero-order chi connectivity index (χ0) is 16.3. The Kier molecular flexibility index (Phi) is 4.12. The van der Waals surface area contributed by atoms with Gasteiger partial charge in [0, 0.05) is 11.8 Å². The van der Waals surface area contributed by atoms with Gasteiger partial charge in [-0.1, -0.05) is 18.2 Å². The van der Waals surface area contributed by atoms with E-state index >= 15 is 0 Å². The summed E-state index contributed by atoms with van der Waals surface area (Å²) in [6.07, 6.45) is 4.14. The highest BCUT2D eigenvalue weighted by Gasteiger charge is 2.08. The molecule has 0 amide bonds. The Bertz CT molecular complexity index is 889. The zero-order valence-electron chi connectivity index (χ0n) is 12.4. The van der Waals surface area contributed by atoms with Gasteiger partial charge in [0.25, 0.3) is 0 Å². The zero-order valence-corrected chi connectivity index (χ0v) is 13.2. The van der Waals surface area contributed by atoms with Gasteiger partial charge in [-0.2, -0.15) is 0 Å². The van der Waals surface area contributed by atoms with E-state index in [9.17, 15) is 8.42 Å². The minimum Gasteiger partial charge on any atom is -0.451 e. The molecule has 0 aliphatic rings. The number of pyridine rings is 1. The monoisotopic (exact) mass is 329 g/mol. The van der Waals surface area contributed by atoms with E-state index in [0.29, 0.717) is 17.3 Å². The summed E-state index contributed by atoms with van der Waals surface area (Å²) < 4.78 is 27.9. The van der Waals surface area contributed by atoms with Gasteiger partial charge < -0.3 is 9.73 Å². The van der Waals surface area contributed by atoms with Crippen molar-refractivity contribution < 1.29 is 12.8 Å². The number of anilines is 1. The first-order valence-corrected chi connectivity index (χ1v) is 8.80. The van der Waals surface area contributed by atoms with E-state index in [2.05, 4.69) is 15.3 Å². The summed E-state index contributed by atoms with van der Waals surface area (Å²) in [4.78, 5) is 8.84. The lowest BCUT2D eigenvalue weighted by atomic mass is 10.1. The van der Waals surface area contributed by atoms with Crippen molar-refractivity contribution in [1.82, 2.24) is 9.97 Å². The standard InChI is InChI=1S/C16H15N3O3S/c1-23(20,21)14-7-5-12(6-8-14)15-3-2-4-16(19-15)17-9-13-10-22-11-18-13/h2-8,10-11H,9H2,1H3,(H,17,19). The molecule has 1 aromatic carbocycles. The van der Waals surface area contributed by atoms with Gasteiger partial charge in [0.2, 0.25) is 0 Å². The third-order valence-corrected chi connectivity index (χ3v) is 4.39. The van der Waals surface area contributed by atoms with E-state index in [4.69, 9.17) is 4.42 Å². The van der Waals surface area contributed by atoms with Gasteiger partial charge in [0.05, 0.1) is 22.8 Å². The molecule has 0 saturated carbocycles. The molecule has 0 aliphatic carbocycles. The number of aromatic nitrogens is 2. The molecule has 6 nitrogen and oxygen atoms in total. The van der Waals surface area contributed by atoms with Gasteiger partial charge in [0.1, 0.15) is 12.1 Å². The van der Waals surface area contributed by atoms with Crippen LogP contribution in [0.15, 0.2) is 64.4 Å². The van der Waals surface area contributed by atoms with Crippen LogP contribution in [-0.4, -0.2) is 24.6 Å². The first kappa shape index (κ1) is 15.2. The fourth-order valence-electron chi connectivity index (χ4n) is 2.07. The highest BCUT2D eigenvalue weighted by molar-refractivity contribution is 7.90. The number of nitrogens with zero attached hydrogens (tertiary/aromatic N) is 2. The minimum atomic E-state index is -3.19. The summed E-state index contributed by atoms with van der Waals surface area (Å²) >= 11 is 0. The van der Waals surface area contributed by atoms with E-state index in [1.165, 1.54) is 12.6 Å². The van der Waals surface area contributed by atoms with Crippen LogP contribution < -0.4 is 5.32 Å². The average molecular weight is 329 g/mol. The van der Waals surface area contributed by atoms with Crippen LogP contribution in [-0.2, 0) is 16.4 Å². The van der Waals surface area contributed by atoms with Gasteiger partial charge in [0.15, 0.2) is 16.2 Å². The summed E-state index contributed by atoms with van der Waals surface area (Å²) in [5.41, 5.74) is 2.40. The molecule has 2 heterocycles. The van der Waals surface area contributed by atoms with Crippen LogP contribution >= 0.6 is 0 Å². The molecule has 0 bridgehead atoms. The van der Waals surface area contributed by atoms with Crippen molar-refractivity contribution in [1.29, 1.82) is 0 Å². The molecule has 23 heavy (non-hydrogen) atoms. The van der Waals surface area contributed by atoms with Crippen LogP contribution in [0.4, 0.5) is 5.82 Å². The van der Waals surface area contributed by atoms with Crippen LogP contribution in [0.25, 0.3) is 11.3 Å². The lowest BCUT2D eigenvalue weighted by Gasteiger charge is -2.07. The quantitative estimate of drug-likeness (QED) is 0.775. The van der Waals surface area contributed by atoms with Crippen molar-refractivity contribution in [3.8, 4) is 11.3 Å². The molecule has 3 aromatic rings. The molecule has 118 valence electrons. The Hall–Kier alpha value is -2.67. The molecule has 0 unspecified atom stereocenters. The predicted octanol–water partition coefficient (Wildman–Crippen LogP) is 2.75. The maximum absolute atomic E-state index is 11.5. The van der Waals surface area contributed by atoms with Crippen molar-refractivity contribution in [3.63, 3.8) is 0 Å². The van der Waals surface area contributed by atoms with E-state index < -0.39 is 9.84 Å². The fraction of sp³-hybridized carbons (Fsp3) is 0.125. The molecule has 0 fully saturated rings. The third kappa shape index (κ3) is 3.75. The summed E-state index contributed by atoms with van der Waals surface area (Å²) in [7, 11) is -3.19. The molecule has 0 atom stereocenters. The first-order valence-electron chi connectivity index (χ1n) is 6.91. The first-order chi connectivity index (χ1) is 11.0. The molecule has 2 aromatic heterocycles. The lowest BCUT2D eigenvalue weighted by molar-refractivity contribution is 0.556. The SMILES string of the molecule is CS(=O)(=O)c1ccc(-c2cccc(NCc3cocn3)n2)cc1. The fourth-order valence-corrected chi connectivity index (χ4v) is 2.70. The maximum Gasteiger partial charge on any atom is 0.180 e. The number of nitrogens with one attached hydrogen (secondary N) is 1. The van der Waals surface area contributed by atoms with Crippen LogP contribution in [0.1, 0.15) is 5.69 Å². The maximum atomic E-state index is 11.5. The number of oxazole rings is 1. The van der Waals surface area contributed by atoms with Crippen LogP contribution in [0.2, 0.25) is 0 Å². The van der Waals surface area contributed by atoms with Crippen molar-refractivity contribution >= 4 is 15.7 Å². The van der Waals surface area contributed by atoms with Crippen molar-refractivity contribution in [2.24, 2.45) is 0 Å². The summed E-state index contributed by atoms with van der Waals surface area (Å²) in [5, 5.41) is 3.16. The van der Waals surface area contributed by atoms with Crippen LogP contribution in [0.3, 0.4) is 0 Å². The van der Waals surface area contributed by atoms with Crippen LogP contribution in [0.5, 0.6) is 0 Å². The molecule has 7 heteroatoms. The van der Waals surface area contributed by atoms with E-state index in [-0.39, 0.29) is 0 Å². The number of hydrogen-bond donors (Lipinski definition) is 1. The molecule has 1 N–H and O–H groups in total. The second-order valence-corrected chi connectivity index (χ2v) is 7.05. The van der Waals surface area contributed by atoms with E-state index in [1.807, 2.05) is 18.2 Å². The minimum absolute atomic E-state index is 0.293. The number of rotatable bonds is 5. The Labute approximate surface area is 134 Å². The molecule has 3 rings (SSSR count). The largest absolute Gasteiger partial charge is 0.451 e. The van der Waals surface area contributed by atoms with E-state index in [0.717, 1.165) is 17.0 Å². The van der Waals surface area contributed by atoms with Crippen molar-refractivity contribution in [3.05, 3.63) is 60.8 Å². The number of benzene rings is 1. The molecular formula is C16H15N3O3S. The lowest BCUT2D eigenvalue weighted by Crippen LogP contribution is -2.02. The van der Waals surface area contributed by atoms with E-state index in [1.54, 1.807) is 30.5 Å². The average Bonchev–Trinajstić information content (AvgIpc) is 3.06. The van der Waals surface area contributed by atoms with Gasteiger partial charge in [-0.15, -0.1) is 0 Å². The van der Waals surface area contributed by atoms with Gasteiger partial charge in [-0.3, -0.25) is 0 Å². The summed E-state index contributed by atoms with van der Waals surface area (Å²) in [6.45, 7) is 0.514. The Morgan fingerprint density at radius 3 is 2.57 bits per heavy atom. The highest BCUT2D eigenvalue weighted by Crippen LogP contribution is 2.21. The Morgan fingerprint density at radius 2 is 1.91 bits per heavy atom. The smallest absolute Gasteiger partial charge is 0.180 e. The second-order valence-electron chi connectivity index (χ2n) is 5.04. The molecule has 0 radical (unpaired) electrons. The van der Waals surface area contributed by atoms with Crippen molar-refractivity contribution in [2.45, 2.75) is 11.4 Å². The second kappa shape index (κ2) is 6.21. The summed E-state index contributed by atoms with van der Waals surface area (Å²) in [5.74, 6) is 0.706. The number of sulfone groups is 1. The topological polar surface area (TPSA) is 85.1 Å². The summed E-state index contributed by atoms with van der Waals surface area (Å²) in [6, 6.07) is 12.3.